The maximum Gasteiger partial charge on any atom is 0.338 e. The number of ether oxygens (including phenoxy) is 2. The van der Waals surface area contributed by atoms with Crippen LogP contribution < -0.4 is 0 Å². The van der Waals surface area contributed by atoms with Gasteiger partial charge in [-0.3, -0.25) is 9.59 Å². The van der Waals surface area contributed by atoms with Crippen LogP contribution in [0.2, 0.25) is 0 Å². The molecule has 47 heavy (non-hydrogen) atoms. The molecule has 4 aromatic carbocycles. The first-order chi connectivity index (χ1) is 22.9. The molecule has 6 heteroatoms. The van der Waals surface area contributed by atoms with Gasteiger partial charge in [-0.1, -0.05) is 99.3 Å². The Morgan fingerprint density at radius 2 is 1.30 bits per heavy atom. The fourth-order valence-corrected chi connectivity index (χ4v) is 6.88. The van der Waals surface area contributed by atoms with Crippen LogP contribution in [0.25, 0.3) is 0 Å². The Balaban J connectivity index is 1.10. The minimum Gasteiger partial charge on any atom is -0.458 e. The van der Waals surface area contributed by atoms with E-state index in [4.69, 9.17) is 9.47 Å². The summed E-state index contributed by atoms with van der Waals surface area (Å²) in [4.78, 5) is 52.6. The fourth-order valence-electron chi connectivity index (χ4n) is 6.88. The summed E-state index contributed by atoms with van der Waals surface area (Å²) in [5.41, 5.74) is 3.59. The zero-order valence-corrected chi connectivity index (χ0v) is 26.8. The van der Waals surface area contributed by atoms with Gasteiger partial charge in [-0.25, -0.2) is 9.59 Å². The van der Waals surface area contributed by atoms with Crippen LogP contribution in [0.15, 0.2) is 97.1 Å². The van der Waals surface area contributed by atoms with E-state index in [1.54, 1.807) is 24.3 Å². The van der Waals surface area contributed by atoms with E-state index in [0.717, 1.165) is 5.92 Å². The number of fused-ring (bicyclic) bond motifs is 2. The molecule has 0 spiro atoms. The predicted molar refractivity (Wildman–Crippen MR) is 180 cm³/mol. The lowest BCUT2D eigenvalue weighted by Crippen LogP contribution is -2.22. The van der Waals surface area contributed by atoms with Crippen LogP contribution in [0, 0.1) is 5.92 Å². The molecule has 240 valence electrons. The van der Waals surface area contributed by atoms with Gasteiger partial charge in [-0.15, -0.1) is 0 Å². The summed E-state index contributed by atoms with van der Waals surface area (Å²) < 4.78 is 11.5. The number of carbonyl (C=O) groups excluding carboxylic acids is 4. The summed E-state index contributed by atoms with van der Waals surface area (Å²) in [5.74, 6) is -0.407. The van der Waals surface area contributed by atoms with E-state index in [2.05, 4.69) is 6.92 Å². The average Bonchev–Trinajstić information content (AvgIpc) is 3.12. The molecule has 4 aromatic rings. The summed E-state index contributed by atoms with van der Waals surface area (Å²) in [6.07, 6.45) is 9.31. The molecule has 0 aliphatic heterocycles. The number of hydrogen-bond donors (Lipinski definition) is 0. The zero-order valence-electron chi connectivity index (χ0n) is 26.8. The molecule has 1 fully saturated rings. The van der Waals surface area contributed by atoms with Crippen molar-refractivity contribution in [3.8, 4) is 0 Å². The highest BCUT2D eigenvalue weighted by Crippen LogP contribution is 2.38. The van der Waals surface area contributed by atoms with Crippen LogP contribution in [0.1, 0.15) is 134 Å². The Hall–Kier alpha value is -4.84. The second-order valence-electron chi connectivity index (χ2n) is 12.7. The molecule has 0 radical (unpaired) electrons. The van der Waals surface area contributed by atoms with E-state index >= 15 is 0 Å². The molecule has 0 aromatic heterocycles. The Morgan fingerprint density at radius 3 is 1.98 bits per heavy atom. The molecule has 1 saturated carbocycles. The van der Waals surface area contributed by atoms with Gasteiger partial charge in [-0.2, -0.15) is 0 Å². The van der Waals surface area contributed by atoms with Crippen molar-refractivity contribution in [3.63, 3.8) is 0 Å². The topological polar surface area (TPSA) is 86.7 Å². The molecule has 1 unspecified atom stereocenters. The van der Waals surface area contributed by atoms with Gasteiger partial charge in [0.25, 0.3) is 0 Å². The van der Waals surface area contributed by atoms with Crippen molar-refractivity contribution in [2.75, 3.05) is 6.61 Å². The lowest BCUT2D eigenvalue weighted by Gasteiger charge is -2.29. The molecule has 2 aliphatic carbocycles. The van der Waals surface area contributed by atoms with Gasteiger partial charge in [-0.05, 0) is 79.0 Å². The van der Waals surface area contributed by atoms with Gasteiger partial charge in [0.2, 0.25) is 0 Å². The maximum absolute atomic E-state index is 13.3. The highest BCUT2D eigenvalue weighted by atomic mass is 16.6. The van der Waals surface area contributed by atoms with E-state index in [-0.39, 0.29) is 34.9 Å². The second kappa shape index (κ2) is 14.7. The molecule has 0 amide bonds. The van der Waals surface area contributed by atoms with Gasteiger partial charge in [0.1, 0.15) is 6.61 Å². The Bertz CT molecular complexity index is 1750. The molecule has 0 N–H and O–H groups in total. The zero-order chi connectivity index (χ0) is 32.8. The van der Waals surface area contributed by atoms with Crippen molar-refractivity contribution in [1.29, 1.82) is 0 Å². The van der Waals surface area contributed by atoms with Crippen molar-refractivity contribution in [2.24, 2.45) is 5.92 Å². The lowest BCUT2D eigenvalue weighted by atomic mass is 9.77. The number of esters is 2. The number of unbranched alkanes of at least 4 members (excludes halogenated alkanes) is 2. The Labute approximate surface area is 276 Å². The van der Waals surface area contributed by atoms with Crippen LogP contribution in [-0.4, -0.2) is 30.1 Å². The predicted octanol–water partition coefficient (Wildman–Crippen LogP) is 9.07. The summed E-state index contributed by atoms with van der Waals surface area (Å²) in [6.45, 7) is 2.03. The third-order valence-electron chi connectivity index (χ3n) is 9.63. The summed E-state index contributed by atoms with van der Waals surface area (Å²) in [6, 6.07) is 27.9. The molecule has 0 heterocycles. The van der Waals surface area contributed by atoms with E-state index in [1.165, 1.54) is 75.1 Å². The highest BCUT2D eigenvalue weighted by Gasteiger charge is 2.30. The number of benzene rings is 4. The third-order valence-corrected chi connectivity index (χ3v) is 9.63. The van der Waals surface area contributed by atoms with Crippen molar-refractivity contribution in [1.82, 2.24) is 0 Å². The summed E-state index contributed by atoms with van der Waals surface area (Å²) >= 11 is 0. The highest BCUT2D eigenvalue weighted by molar-refractivity contribution is 6.28. The van der Waals surface area contributed by atoms with Gasteiger partial charge >= 0.3 is 11.9 Å². The minimum atomic E-state index is -0.844. The molecule has 0 bridgehead atoms. The molecule has 1 atom stereocenters. The molecule has 2 aliphatic rings. The summed E-state index contributed by atoms with van der Waals surface area (Å²) in [7, 11) is 0. The molecular formula is C41H40O6. The van der Waals surface area contributed by atoms with E-state index < -0.39 is 18.0 Å². The molecule has 6 rings (SSSR count). The normalized spacial score (nSPS) is 17.7. The van der Waals surface area contributed by atoms with Gasteiger partial charge < -0.3 is 9.47 Å². The Morgan fingerprint density at radius 1 is 0.681 bits per heavy atom. The molecule has 6 nitrogen and oxygen atoms in total. The van der Waals surface area contributed by atoms with Crippen LogP contribution in [0.3, 0.4) is 0 Å². The number of ketones is 2. The van der Waals surface area contributed by atoms with Crippen molar-refractivity contribution < 1.29 is 28.7 Å². The third kappa shape index (κ3) is 7.27. The van der Waals surface area contributed by atoms with E-state index in [9.17, 15) is 19.2 Å². The van der Waals surface area contributed by atoms with Crippen molar-refractivity contribution in [2.45, 2.75) is 70.3 Å². The first-order valence-electron chi connectivity index (χ1n) is 16.8. The first-order valence-corrected chi connectivity index (χ1v) is 16.8. The second-order valence-corrected chi connectivity index (χ2v) is 12.7. The van der Waals surface area contributed by atoms with Crippen LogP contribution in [0.5, 0.6) is 0 Å². The monoisotopic (exact) mass is 628 g/mol. The van der Waals surface area contributed by atoms with E-state index in [1.807, 2.05) is 54.6 Å². The summed E-state index contributed by atoms with van der Waals surface area (Å²) in [5, 5.41) is 0. The quantitative estimate of drug-likeness (QED) is 0.107. The standard InChI is InChI=1S/C41H40O6/c1-2-3-5-10-27-15-17-28(18-16-27)29-19-21-31(22-20-29)41(45)47-37(30-11-6-4-7-12-30)26-46-40(44)32-23-24-35-36(25-32)39(43)34-14-9-8-13-33(34)38(35)42/h4,6-9,11-14,19-25,27-28,37H,2-3,5,10,15-18,26H2,1H3. The Kier molecular flexibility index (Phi) is 10.1. The van der Waals surface area contributed by atoms with Crippen LogP contribution >= 0.6 is 0 Å². The van der Waals surface area contributed by atoms with Gasteiger partial charge in [0.05, 0.1) is 11.1 Å². The lowest BCUT2D eigenvalue weighted by molar-refractivity contribution is -0.00134. The fraction of sp³-hybridized carbons (Fsp3) is 0.317. The maximum atomic E-state index is 13.3. The van der Waals surface area contributed by atoms with Gasteiger partial charge in [0, 0.05) is 22.3 Å². The number of carbonyl (C=O) groups is 4. The molecule has 0 saturated heterocycles. The van der Waals surface area contributed by atoms with Crippen molar-refractivity contribution in [3.05, 3.63) is 142 Å². The largest absolute Gasteiger partial charge is 0.458 e. The van der Waals surface area contributed by atoms with Crippen LogP contribution in [-0.2, 0) is 9.47 Å². The average molecular weight is 629 g/mol. The molecular weight excluding hydrogens is 588 g/mol. The number of rotatable bonds is 11. The van der Waals surface area contributed by atoms with Crippen molar-refractivity contribution >= 4 is 23.5 Å². The van der Waals surface area contributed by atoms with E-state index in [0.29, 0.717) is 28.2 Å². The first kappa shape index (κ1) is 32.1. The van der Waals surface area contributed by atoms with Gasteiger partial charge in [0.15, 0.2) is 17.7 Å². The smallest absolute Gasteiger partial charge is 0.338 e. The minimum absolute atomic E-state index is 0.132. The van der Waals surface area contributed by atoms with Crippen LogP contribution in [0.4, 0.5) is 0 Å². The number of hydrogen-bond acceptors (Lipinski definition) is 6. The SMILES string of the molecule is CCCCCC1CCC(c2ccc(C(=O)OC(COC(=O)c3ccc4c(c3)C(=O)c3ccccc3C4=O)c3ccccc3)cc2)CC1.